The van der Waals surface area contributed by atoms with Crippen LogP contribution in [0.3, 0.4) is 0 Å². The standard InChI is InChI=1S/C19H17ClN4O/c1-12-11-14-5-3-4-6-17(14)23(12)19(25)18-21-13(2)24(22-18)16-9-7-15(20)8-10-16/h3-10,12H,11H2,1-2H3. The predicted octanol–water partition coefficient (Wildman–Crippen LogP) is 3.82. The summed E-state index contributed by atoms with van der Waals surface area (Å²) in [5.41, 5.74) is 2.95. The number of amides is 1. The molecule has 126 valence electrons. The monoisotopic (exact) mass is 352 g/mol. The average Bonchev–Trinajstić information content (AvgIpc) is 3.14. The van der Waals surface area contributed by atoms with E-state index in [4.69, 9.17) is 11.6 Å². The first-order valence-electron chi connectivity index (χ1n) is 8.15. The van der Waals surface area contributed by atoms with Crippen LogP contribution in [-0.2, 0) is 6.42 Å². The maximum Gasteiger partial charge on any atom is 0.298 e. The minimum atomic E-state index is -0.173. The normalized spacial score (nSPS) is 16.1. The van der Waals surface area contributed by atoms with Gasteiger partial charge in [-0.3, -0.25) is 4.79 Å². The molecule has 1 aliphatic heterocycles. The quantitative estimate of drug-likeness (QED) is 0.704. The summed E-state index contributed by atoms with van der Waals surface area (Å²) in [5, 5.41) is 5.09. The second-order valence-corrected chi connectivity index (χ2v) is 6.66. The third-order valence-electron chi connectivity index (χ3n) is 4.46. The van der Waals surface area contributed by atoms with E-state index in [0.29, 0.717) is 10.8 Å². The molecule has 0 N–H and O–H groups in total. The van der Waals surface area contributed by atoms with Gasteiger partial charge in [-0.2, -0.15) is 0 Å². The van der Waals surface area contributed by atoms with Crippen LogP contribution in [0.15, 0.2) is 48.5 Å². The van der Waals surface area contributed by atoms with Gasteiger partial charge in [0.1, 0.15) is 5.82 Å². The summed E-state index contributed by atoms with van der Waals surface area (Å²) in [5.74, 6) is 0.690. The van der Waals surface area contributed by atoms with Crippen molar-refractivity contribution in [3.05, 3.63) is 70.8 Å². The van der Waals surface area contributed by atoms with Crippen LogP contribution < -0.4 is 4.90 Å². The highest BCUT2D eigenvalue weighted by Crippen LogP contribution is 2.32. The van der Waals surface area contributed by atoms with Crippen molar-refractivity contribution in [3.63, 3.8) is 0 Å². The highest BCUT2D eigenvalue weighted by atomic mass is 35.5. The number of hydrogen-bond donors (Lipinski definition) is 0. The minimum absolute atomic E-state index is 0.0905. The fourth-order valence-corrected chi connectivity index (χ4v) is 3.42. The zero-order chi connectivity index (χ0) is 17.6. The molecule has 5 nitrogen and oxygen atoms in total. The summed E-state index contributed by atoms with van der Waals surface area (Å²) < 4.78 is 1.66. The summed E-state index contributed by atoms with van der Waals surface area (Å²) in [6.07, 6.45) is 0.846. The van der Waals surface area contributed by atoms with Crippen LogP contribution in [0.2, 0.25) is 5.02 Å². The molecule has 6 heteroatoms. The molecule has 25 heavy (non-hydrogen) atoms. The van der Waals surface area contributed by atoms with Crippen LogP contribution in [0.4, 0.5) is 5.69 Å². The van der Waals surface area contributed by atoms with Crippen molar-refractivity contribution in [2.45, 2.75) is 26.3 Å². The maximum absolute atomic E-state index is 13.0. The molecule has 1 unspecified atom stereocenters. The lowest BCUT2D eigenvalue weighted by molar-refractivity contribution is 0.0971. The second kappa shape index (κ2) is 6.01. The molecule has 0 saturated heterocycles. The second-order valence-electron chi connectivity index (χ2n) is 6.23. The molecule has 1 aliphatic rings. The van der Waals surface area contributed by atoms with Gasteiger partial charge in [0.25, 0.3) is 5.91 Å². The molecule has 1 atom stereocenters. The van der Waals surface area contributed by atoms with Gasteiger partial charge in [-0.05, 0) is 56.2 Å². The topological polar surface area (TPSA) is 51.0 Å². The maximum atomic E-state index is 13.0. The van der Waals surface area contributed by atoms with Crippen molar-refractivity contribution in [1.29, 1.82) is 0 Å². The molecule has 2 aromatic carbocycles. The zero-order valence-corrected chi connectivity index (χ0v) is 14.7. The summed E-state index contributed by atoms with van der Waals surface area (Å²) in [6, 6.07) is 15.4. The largest absolute Gasteiger partial charge is 0.302 e. The lowest BCUT2D eigenvalue weighted by Crippen LogP contribution is -2.36. The van der Waals surface area contributed by atoms with E-state index < -0.39 is 0 Å². The molecule has 0 radical (unpaired) electrons. The lowest BCUT2D eigenvalue weighted by Gasteiger charge is -2.20. The minimum Gasteiger partial charge on any atom is -0.302 e. The van der Waals surface area contributed by atoms with E-state index in [-0.39, 0.29) is 17.8 Å². The number of carbonyl (C=O) groups is 1. The third-order valence-corrected chi connectivity index (χ3v) is 4.71. The van der Waals surface area contributed by atoms with E-state index in [0.717, 1.165) is 17.8 Å². The number of aryl methyl sites for hydroxylation is 1. The highest BCUT2D eigenvalue weighted by molar-refractivity contribution is 6.30. The molecular formula is C19H17ClN4O. The molecule has 1 amide bonds. The molecule has 2 heterocycles. The molecule has 3 aromatic rings. The molecule has 0 aliphatic carbocycles. The Balaban J connectivity index is 1.70. The summed E-state index contributed by atoms with van der Waals surface area (Å²) >= 11 is 5.94. The van der Waals surface area contributed by atoms with Crippen molar-refractivity contribution >= 4 is 23.2 Å². The van der Waals surface area contributed by atoms with Crippen molar-refractivity contribution in [1.82, 2.24) is 14.8 Å². The molecular weight excluding hydrogens is 336 g/mol. The number of benzene rings is 2. The zero-order valence-electron chi connectivity index (χ0n) is 14.0. The molecule has 4 rings (SSSR count). The summed E-state index contributed by atoms with van der Waals surface area (Å²) in [7, 11) is 0. The van der Waals surface area contributed by atoms with Gasteiger partial charge in [-0.25, -0.2) is 9.67 Å². The molecule has 0 saturated carbocycles. The number of anilines is 1. The van der Waals surface area contributed by atoms with Gasteiger partial charge in [0.05, 0.1) is 5.69 Å². The predicted molar refractivity (Wildman–Crippen MR) is 97.5 cm³/mol. The van der Waals surface area contributed by atoms with Crippen LogP contribution in [-0.4, -0.2) is 26.7 Å². The Morgan fingerprint density at radius 3 is 2.64 bits per heavy atom. The molecule has 0 fully saturated rings. The summed E-state index contributed by atoms with van der Waals surface area (Å²) in [4.78, 5) is 19.2. The fraction of sp³-hybridized carbons (Fsp3) is 0.211. The third kappa shape index (κ3) is 2.70. The van der Waals surface area contributed by atoms with E-state index in [2.05, 4.69) is 16.1 Å². The van der Waals surface area contributed by atoms with Gasteiger partial charge < -0.3 is 4.90 Å². The van der Waals surface area contributed by atoms with Crippen molar-refractivity contribution in [2.75, 3.05) is 4.90 Å². The Hall–Kier alpha value is -2.66. The van der Waals surface area contributed by atoms with Crippen molar-refractivity contribution in [2.24, 2.45) is 0 Å². The highest BCUT2D eigenvalue weighted by Gasteiger charge is 2.33. The molecule has 1 aromatic heterocycles. The molecule has 0 bridgehead atoms. The Labute approximate surface area is 150 Å². The number of carbonyl (C=O) groups excluding carboxylic acids is 1. The number of para-hydroxylation sites is 1. The van der Waals surface area contributed by atoms with Gasteiger partial charge in [-0.15, -0.1) is 5.10 Å². The fourth-order valence-electron chi connectivity index (χ4n) is 3.29. The Morgan fingerprint density at radius 2 is 1.88 bits per heavy atom. The summed E-state index contributed by atoms with van der Waals surface area (Å²) in [6.45, 7) is 3.88. The number of rotatable bonds is 2. The van der Waals surface area contributed by atoms with Crippen molar-refractivity contribution in [3.8, 4) is 5.69 Å². The first-order chi connectivity index (χ1) is 12.0. The van der Waals surface area contributed by atoms with Crippen molar-refractivity contribution < 1.29 is 4.79 Å². The van der Waals surface area contributed by atoms with Gasteiger partial charge in [0, 0.05) is 16.8 Å². The van der Waals surface area contributed by atoms with Crippen LogP contribution in [0.5, 0.6) is 0 Å². The molecule has 0 spiro atoms. The van der Waals surface area contributed by atoms with E-state index in [1.165, 1.54) is 5.56 Å². The number of nitrogens with zero attached hydrogens (tertiary/aromatic N) is 4. The lowest BCUT2D eigenvalue weighted by atomic mass is 10.1. The Morgan fingerprint density at radius 1 is 1.16 bits per heavy atom. The van der Waals surface area contributed by atoms with E-state index in [1.54, 1.807) is 21.7 Å². The van der Waals surface area contributed by atoms with E-state index in [9.17, 15) is 4.79 Å². The number of hydrogen-bond acceptors (Lipinski definition) is 3. The van der Waals surface area contributed by atoms with Crippen LogP contribution >= 0.6 is 11.6 Å². The van der Waals surface area contributed by atoms with Gasteiger partial charge in [-0.1, -0.05) is 29.8 Å². The van der Waals surface area contributed by atoms with E-state index >= 15 is 0 Å². The first-order valence-corrected chi connectivity index (χ1v) is 8.53. The van der Waals surface area contributed by atoms with Crippen LogP contribution in [0, 0.1) is 6.92 Å². The SMILES string of the molecule is Cc1nc(C(=O)N2c3ccccc3CC2C)nn1-c1ccc(Cl)cc1. The number of halogens is 1. The number of fused-ring (bicyclic) bond motifs is 1. The first kappa shape index (κ1) is 15.8. The van der Waals surface area contributed by atoms with Gasteiger partial charge in [0.15, 0.2) is 0 Å². The van der Waals surface area contributed by atoms with Crippen LogP contribution in [0.1, 0.15) is 28.9 Å². The number of aromatic nitrogens is 3. The smallest absolute Gasteiger partial charge is 0.298 e. The average molecular weight is 353 g/mol. The Kier molecular flexibility index (Phi) is 3.81. The van der Waals surface area contributed by atoms with Crippen LogP contribution in [0.25, 0.3) is 5.69 Å². The van der Waals surface area contributed by atoms with E-state index in [1.807, 2.05) is 44.2 Å². The van der Waals surface area contributed by atoms with Gasteiger partial charge in [0.2, 0.25) is 5.82 Å². The van der Waals surface area contributed by atoms with Gasteiger partial charge >= 0.3 is 0 Å². The Bertz CT molecular complexity index is 948.